The van der Waals surface area contributed by atoms with Crippen molar-refractivity contribution in [2.24, 2.45) is 4.02 Å². The number of hydrogen-bond acceptors (Lipinski definition) is 1. The molecule has 1 N–H and O–H groups in total. The first-order valence-corrected chi connectivity index (χ1v) is 5.85. The summed E-state index contributed by atoms with van der Waals surface area (Å²) in [5, 5.41) is 3.26. The predicted octanol–water partition coefficient (Wildman–Crippen LogP) is 3.81. The summed E-state index contributed by atoms with van der Waals surface area (Å²) in [5.74, 6) is 0.801. The molecule has 2 nitrogen and oxygen atoms in total. The summed E-state index contributed by atoms with van der Waals surface area (Å²) in [6.45, 7) is 5.77. The van der Waals surface area contributed by atoms with E-state index in [1.54, 1.807) is 6.08 Å². The lowest BCUT2D eigenvalue weighted by Gasteiger charge is -2.10. The van der Waals surface area contributed by atoms with Crippen molar-refractivity contribution in [3.63, 3.8) is 0 Å². The number of rotatable bonds is 4. The third-order valence-corrected chi connectivity index (χ3v) is 2.47. The Morgan fingerprint density at radius 1 is 1.44 bits per heavy atom. The molecule has 0 saturated heterocycles. The van der Waals surface area contributed by atoms with E-state index in [1.807, 2.05) is 36.4 Å². The average Bonchev–Trinajstić information content (AvgIpc) is 2.35. The Morgan fingerprint density at radius 2 is 2.12 bits per heavy atom. The number of halogens is 1. The Balaban J connectivity index is 2.86. The van der Waals surface area contributed by atoms with Crippen molar-refractivity contribution in [2.45, 2.75) is 13.3 Å². The average molecular weight is 279 g/mol. The van der Waals surface area contributed by atoms with E-state index < -0.39 is 0 Å². The van der Waals surface area contributed by atoms with Gasteiger partial charge in [0, 0.05) is 11.3 Å². The van der Waals surface area contributed by atoms with E-state index in [-0.39, 0.29) is 0 Å². The van der Waals surface area contributed by atoms with Crippen LogP contribution in [0.2, 0.25) is 0 Å². The fraction of sp³-hybridized carbons (Fsp3) is 0.154. The van der Waals surface area contributed by atoms with Crippen LogP contribution in [0.25, 0.3) is 0 Å². The van der Waals surface area contributed by atoms with Crippen LogP contribution in [0.15, 0.2) is 58.8 Å². The van der Waals surface area contributed by atoms with Gasteiger partial charge in [-0.3, -0.25) is 0 Å². The summed E-state index contributed by atoms with van der Waals surface area (Å²) in [4.78, 5) is 0. The maximum Gasteiger partial charge on any atom is 0.145 e. The van der Waals surface area contributed by atoms with E-state index in [9.17, 15) is 0 Å². The molecule has 1 rings (SSSR count). The highest BCUT2D eigenvalue weighted by molar-refractivity contribution is 9.08. The molecule has 0 aliphatic carbocycles. The molecular weight excluding hydrogens is 264 g/mol. The van der Waals surface area contributed by atoms with Crippen molar-refractivity contribution in [3.05, 3.63) is 60.3 Å². The molecule has 1 aromatic carbocycles. The summed E-state index contributed by atoms with van der Waals surface area (Å²) in [6, 6.07) is 9.97. The maximum atomic E-state index is 4.07. The van der Waals surface area contributed by atoms with Crippen LogP contribution in [-0.4, -0.2) is 5.84 Å². The molecule has 0 bridgehead atoms. The molecular formula is C13H15BrN2. The summed E-state index contributed by atoms with van der Waals surface area (Å²) in [6.07, 6.45) is 4.62. The molecule has 84 valence electrons. The van der Waals surface area contributed by atoms with Crippen LogP contribution in [0.4, 0.5) is 0 Å². The Hall–Kier alpha value is -1.35. The third-order valence-electron chi connectivity index (χ3n) is 2.11. The van der Waals surface area contributed by atoms with Crippen LogP contribution in [0, 0.1) is 0 Å². The van der Waals surface area contributed by atoms with Crippen LogP contribution in [0.5, 0.6) is 0 Å². The highest BCUT2D eigenvalue weighted by atomic mass is 79.9. The van der Waals surface area contributed by atoms with Crippen LogP contribution in [0.1, 0.15) is 18.9 Å². The van der Waals surface area contributed by atoms with Crippen LogP contribution in [0.3, 0.4) is 0 Å². The number of benzene rings is 1. The molecule has 0 saturated carbocycles. The van der Waals surface area contributed by atoms with Crippen molar-refractivity contribution in [3.8, 4) is 0 Å². The molecule has 0 fully saturated rings. The van der Waals surface area contributed by atoms with Crippen molar-refractivity contribution in [2.75, 3.05) is 0 Å². The van der Waals surface area contributed by atoms with Gasteiger partial charge in [-0.15, -0.1) is 0 Å². The van der Waals surface area contributed by atoms with E-state index >= 15 is 0 Å². The molecule has 0 aliphatic rings. The Labute approximate surface area is 105 Å². The maximum absolute atomic E-state index is 4.07. The Bertz CT molecular complexity index is 394. The second kappa shape index (κ2) is 7.01. The van der Waals surface area contributed by atoms with E-state index in [2.05, 4.69) is 39.0 Å². The smallest absolute Gasteiger partial charge is 0.145 e. The number of allylic oxidation sites excluding steroid dienone is 3. The molecule has 3 heteroatoms. The second-order valence-corrected chi connectivity index (χ2v) is 3.56. The molecule has 0 unspecified atom stereocenters. The predicted molar refractivity (Wildman–Crippen MR) is 73.6 cm³/mol. The highest BCUT2D eigenvalue weighted by Gasteiger charge is 2.03. The van der Waals surface area contributed by atoms with Gasteiger partial charge in [0.25, 0.3) is 0 Å². The molecule has 0 spiro atoms. The van der Waals surface area contributed by atoms with Crippen molar-refractivity contribution in [1.82, 2.24) is 5.32 Å². The molecule has 0 aliphatic heterocycles. The standard InChI is InChI=1S/C13H15BrN2/c1-3-8-12(4-2)15-13(16-14)11-9-6-5-7-10-11/h3,5-10H,1,4H2,2H3,(H,15,16)/b12-8+. The van der Waals surface area contributed by atoms with Gasteiger partial charge in [-0.2, -0.15) is 4.02 Å². The largest absolute Gasteiger partial charge is 0.343 e. The molecule has 16 heavy (non-hydrogen) atoms. The van der Waals surface area contributed by atoms with Gasteiger partial charge in [-0.25, -0.2) is 0 Å². The normalized spacial score (nSPS) is 12.4. The number of hydrogen-bond donors (Lipinski definition) is 1. The zero-order chi connectivity index (χ0) is 11.8. The minimum atomic E-state index is 0.801. The third kappa shape index (κ3) is 3.66. The Kier molecular flexibility index (Phi) is 5.57. The molecule has 0 aromatic heterocycles. The van der Waals surface area contributed by atoms with Gasteiger partial charge in [0.15, 0.2) is 0 Å². The SMILES string of the molecule is C=C/C=C(\CC)N/C(=N\Br)c1ccccc1. The first-order valence-electron chi connectivity index (χ1n) is 5.14. The van der Waals surface area contributed by atoms with Crippen molar-refractivity contribution < 1.29 is 0 Å². The van der Waals surface area contributed by atoms with E-state index in [4.69, 9.17) is 0 Å². The van der Waals surface area contributed by atoms with Crippen molar-refractivity contribution in [1.29, 1.82) is 0 Å². The van der Waals surface area contributed by atoms with E-state index in [0.29, 0.717) is 0 Å². The summed E-state index contributed by atoms with van der Waals surface area (Å²) in [5.41, 5.74) is 2.12. The second-order valence-electron chi connectivity index (χ2n) is 3.21. The Morgan fingerprint density at radius 3 is 2.62 bits per heavy atom. The first kappa shape index (κ1) is 12.7. The van der Waals surface area contributed by atoms with Gasteiger partial charge in [-0.1, -0.05) is 49.9 Å². The van der Waals surface area contributed by atoms with Gasteiger partial charge in [0.05, 0.1) is 16.1 Å². The fourth-order valence-electron chi connectivity index (χ4n) is 1.28. The minimum Gasteiger partial charge on any atom is -0.343 e. The number of amidine groups is 1. The van der Waals surface area contributed by atoms with Gasteiger partial charge < -0.3 is 5.32 Å². The molecule has 0 atom stereocenters. The summed E-state index contributed by atoms with van der Waals surface area (Å²) >= 11 is 3.13. The zero-order valence-corrected chi connectivity index (χ0v) is 10.9. The minimum absolute atomic E-state index is 0.801. The quantitative estimate of drug-likeness (QED) is 0.506. The number of nitrogens with zero attached hydrogens (tertiary/aromatic N) is 1. The van der Waals surface area contributed by atoms with Gasteiger partial charge in [0.2, 0.25) is 0 Å². The summed E-state index contributed by atoms with van der Waals surface area (Å²) in [7, 11) is 0. The highest BCUT2D eigenvalue weighted by Crippen LogP contribution is 2.05. The van der Waals surface area contributed by atoms with E-state index in [1.165, 1.54) is 0 Å². The van der Waals surface area contributed by atoms with Gasteiger partial charge >= 0.3 is 0 Å². The lowest BCUT2D eigenvalue weighted by atomic mass is 10.2. The monoisotopic (exact) mass is 278 g/mol. The molecule has 1 aromatic rings. The lowest BCUT2D eigenvalue weighted by molar-refractivity contribution is 0.980. The fourth-order valence-corrected chi connectivity index (χ4v) is 1.57. The molecule has 0 amide bonds. The van der Waals surface area contributed by atoms with Crippen molar-refractivity contribution >= 4 is 22.0 Å². The van der Waals surface area contributed by atoms with Gasteiger partial charge in [0.1, 0.15) is 5.84 Å². The van der Waals surface area contributed by atoms with Crippen LogP contribution >= 0.6 is 16.1 Å². The van der Waals surface area contributed by atoms with E-state index in [0.717, 1.165) is 23.5 Å². The van der Waals surface area contributed by atoms with Gasteiger partial charge in [-0.05, 0) is 12.5 Å². The topological polar surface area (TPSA) is 24.4 Å². The lowest BCUT2D eigenvalue weighted by Crippen LogP contribution is -2.22. The molecule has 0 radical (unpaired) electrons. The van der Waals surface area contributed by atoms with Crippen LogP contribution in [-0.2, 0) is 0 Å². The zero-order valence-electron chi connectivity index (χ0n) is 9.28. The van der Waals surface area contributed by atoms with Crippen LogP contribution < -0.4 is 5.32 Å². The summed E-state index contributed by atoms with van der Waals surface area (Å²) < 4.78 is 4.07. The molecule has 0 heterocycles. The first-order chi connectivity index (χ1) is 7.81. The number of nitrogens with one attached hydrogen (secondary N) is 1.